The van der Waals surface area contributed by atoms with Crippen LogP contribution in [0.2, 0.25) is 0 Å². The van der Waals surface area contributed by atoms with Gasteiger partial charge in [0.1, 0.15) is 0 Å². The van der Waals surface area contributed by atoms with Crippen LogP contribution in [-0.4, -0.2) is 24.1 Å². The molecule has 0 fully saturated rings. The molecule has 2 aliphatic rings. The van der Waals surface area contributed by atoms with Gasteiger partial charge < -0.3 is 39.0 Å². The molecule has 6 aromatic rings. The molecular formula is C38H26N6O2Pt2-6. The third kappa shape index (κ3) is 6.56. The molecule has 0 aliphatic carbocycles. The van der Waals surface area contributed by atoms with E-state index < -0.39 is 0 Å². The number of rotatable bonds is 7. The van der Waals surface area contributed by atoms with Crippen molar-refractivity contribution in [1.29, 1.82) is 0 Å². The number of para-hydroxylation sites is 4. The number of ether oxygens (including phenoxy) is 2. The van der Waals surface area contributed by atoms with Gasteiger partial charge in [-0.15, -0.1) is 71.3 Å². The summed E-state index contributed by atoms with van der Waals surface area (Å²) in [6, 6.07) is 44.8. The molecule has 0 N–H and O–H groups in total. The number of fused-ring (bicyclic) bond motifs is 2. The second kappa shape index (κ2) is 14.2. The van der Waals surface area contributed by atoms with Gasteiger partial charge in [0.15, 0.2) is 0 Å². The number of pyridine rings is 2. The normalized spacial score (nSPS) is 13.0. The van der Waals surface area contributed by atoms with Crippen molar-refractivity contribution in [2.75, 3.05) is 33.7 Å². The number of benzene rings is 4. The first-order valence-electron chi connectivity index (χ1n) is 14.7. The molecule has 0 amide bonds. The molecule has 4 heterocycles. The van der Waals surface area contributed by atoms with Crippen LogP contribution in [0.4, 0.5) is 34.1 Å². The molecule has 246 valence electrons. The van der Waals surface area contributed by atoms with E-state index in [-0.39, 0.29) is 42.1 Å². The molecule has 0 bridgehead atoms. The van der Waals surface area contributed by atoms with E-state index in [1.54, 1.807) is 24.5 Å². The van der Waals surface area contributed by atoms with Gasteiger partial charge in [0.25, 0.3) is 0 Å². The van der Waals surface area contributed by atoms with Crippen LogP contribution in [0.3, 0.4) is 0 Å². The predicted octanol–water partition coefficient (Wildman–Crippen LogP) is 8.34. The Labute approximate surface area is 309 Å². The van der Waals surface area contributed by atoms with Crippen LogP contribution in [0.25, 0.3) is 11.4 Å². The van der Waals surface area contributed by atoms with Gasteiger partial charge in [0, 0.05) is 87.9 Å². The number of anilines is 6. The minimum Gasteiger partial charge on any atom is -0.510 e. The summed E-state index contributed by atoms with van der Waals surface area (Å²) in [6.45, 7) is 4.06. The molecule has 0 unspecified atom stereocenters. The van der Waals surface area contributed by atoms with Crippen LogP contribution in [-0.2, 0) is 42.1 Å². The molecule has 0 atom stereocenters. The molecule has 2 aromatic heterocycles. The first kappa shape index (κ1) is 33.3. The topological polar surface area (TPSA) is 57.2 Å². The van der Waals surface area contributed by atoms with Gasteiger partial charge in [0.2, 0.25) is 0 Å². The average Bonchev–Trinajstić information content (AvgIpc) is 3.62. The Bertz CT molecular complexity index is 1910. The average molecular weight is 989 g/mol. The smallest absolute Gasteiger partial charge is 0.0326 e. The maximum Gasteiger partial charge on any atom is 0.0326 e. The van der Waals surface area contributed by atoms with Crippen molar-refractivity contribution in [2.24, 2.45) is 0 Å². The van der Waals surface area contributed by atoms with Crippen molar-refractivity contribution >= 4 is 34.1 Å². The van der Waals surface area contributed by atoms with E-state index in [0.29, 0.717) is 34.4 Å². The van der Waals surface area contributed by atoms with Crippen LogP contribution in [0.1, 0.15) is 0 Å². The quantitative estimate of drug-likeness (QED) is 0.148. The zero-order valence-corrected chi connectivity index (χ0v) is 30.2. The second-order valence-electron chi connectivity index (χ2n) is 10.7. The summed E-state index contributed by atoms with van der Waals surface area (Å²) < 4.78 is 12.4. The van der Waals surface area contributed by atoms with E-state index in [1.165, 1.54) is 0 Å². The monoisotopic (exact) mass is 988 g/mol. The van der Waals surface area contributed by atoms with E-state index in [0.717, 1.165) is 34.1 Å². The Morgan fingerprint density at radius 3 is 1.31 bits per heavy atom. The van der Waals surface area contributed by atoms with Crippen LogP contribution in [0, 0.1) is 37.6 Å². The summed E-state index contributed by atoms with van der Waals surface area (Å²) in [5.74, 6) is 2.08. The Kier molecular flexibility index (Phi) is 9.86. The van der Waals surface area contributed by atoms with E-state index in [2.05, 4.69) is 78.1 Å². The van der Waals surface area contributed by atoms with Crippen LogP contribution >= 0.6 is 0 Å². The molecule has 8 rings (SSSR count). The zero-order chi connectivity index (χ0) is 31.0. The summed E-state index contributed by atoms with van der Waals surface area (Å²) in [5.41, 5.74) is 7.09. The first-order valence-corrected chi connectivity index (χ1v) is 14.7. The van der Waals surface area contributed by atoms with Gasteiger partial charge in [-0.1, -0.05) is 24.3 Å². The molecule has 0 spiro atoms. The third-order valence-corrected chi connectivity index (χ3v) is 7.65. The SMILES string of the molecule is CN1[CH-]N(c2[c-]c(Oc3[c-]c(-c4[c-]c(Oc5[c-]c(N6[CH-]N(C)c7ccccc76)ccc5)ccn4)ncc3)ccc2)c2ccccc21.[Pt].[Pt]. The predicted molar refractivity (Wildman–Crippen MR) is 178 cm³/mol. The maximum absolute atomic E-state index is 6.18. The molecule has 2 aliphatic heterocycles. The van der Waals surface area contributed by atoms with Crippen LogP contribution < -0.4 is 29.1 Å². The fraction of sp³-hybridized carbons (Fsp3) is 0.0526. The summed E-state index contributed by atoms with van der Waals surface area (Å²) in [4.78, 5) is 17.3. The standard InChI is InChI=1S/C38H26N6O2.2Pt/c1-41-25-43(37-15-5-3-13-35(37)41)27-9-7-11-29(21-27)45-31-17-19-39-33(23-31)34-24-32(18-20-40-34)46-30-12-8-10-28(22-30)44-26-42(2)36-14-4-6-16-38(36)44;;/h3-20,25-26H,1-2H3;;/q-6;;. The molecule has 0 saturated heterocycles. The van der Waals surface area contributed by atoms with Crippen LogP contribution in [0.15, 0.2) is 109 Å². The van der Waals surface area contributed by atoms with E-state index in [4.69, 9.17) is 9.47 Å². The van der Waals surface area contributed by atoms with Gasteiger partial charge in [-0.2, -0.15) is 37.6 Å². The van der Waals surface area contributed by atoms with Gasteiger partial charge in [-0.3, -0.25) is 0 Å². The van der Waals surface area contributed by atoms with Crippen molar-refractivity contribution in [3.05, 3.63) is 147 Å². The van der Waals surface area contributed by atoms with E-state index >= 15 is 0 Å². The molecule has 48 heavy (non-hydrogen) atoms. The van der Waals surface area contributed by atoms with Gasteiger partial charge in [0.05, 0.1) is 0 Å². The Morgan fingerprint density at radius 1 is 0.479 bits per heavy atom. The molecule has 8 nitrogen and oxygen atoms in total. The number of hydrogen-bond donors (Lipinski definition) is 0. The van der Waals surface area contributed by atoms with Crippen LogP contribution in [0.5, 0.6) is 23.0 Å². The van der Waals surface area contributed by atoms with Crippen molar-refractivity contribution in [3.63, 3.8) is 0 Å². The summed E-state index contributed by atoms with van der Waals surface area (Å²) in [5, 5.41) is 0. The molecule has 0 radical (unpaired) electrons. The molecular weight excluding hydrogens is 963 g/mol. The largest absolute Gasteiger partial charge is 0.510 e. The molecule has 10 heteroatoms. The van der Waals surface area contributed by atoms with Crippen molar-refractivity contribution in [3.8, 4) is 34.4 Å². The second-order valence-corrected chi connectivity index (χ2v) is 10.7. The van der Waals surface area contributed by atoms with Crippen molar-refractivity contribution in [2.45, 2.75) is 0 Å². The van der Waals surface area contributed by atoms with Gasteiger partial charge in [-0.25, -0.2) is 0 Å². The Balaban J connectivity index is 0.00000201. The first-order chi connectivity index (χ1) is 22.6. The number of nitrogens with zero attached hydrogens (tertiary/aromatic N) is 6. The van der Waals surface area contributed by atoms with Crippen molar-refractivity contribution < 1.29 is 51.6 Å². The van der Waals surface area contributed by atoms with E-state index in [1.807, 2.05) is 88.1 Å². The Morgan fingerprint density at radius 2 is 0.875 bits per heavy atom. The minimum absolute atomic E-state index is 0. The Hall–Kier alpha value is -4.64. The number of aromatic nitrogens is 2. The molecule has 0 saturated carbocycles. The maximum atomic E-state index is 6.18. The van der Waals surface area contributed by atoms with Gasteiger partial charge in [-0.05, 0) is 50.8 Å². The summed E-state index contributed by atoms with van der Waals surface area (Å²) in [6.07, 6.45) is 3.32. The number of hydrogen-bond acceptors (Lipinski definition) is 8. The summed E-state index contributed by atoms with van der Waals surface area (Å²) >= 11 is 0. The molecule has 4 aromatic carbocycles. The minimum atomic E-state index is 0. The fourth-order valence-electron chi connectivity index (χ4n) is 5.52. The van der Waals surface area contributed by atoms with Crippen molar-refractivity contribution in [1.82, 2.24) is 9.97 Å². The summed E-state index contributed by atoms with van der Waals surface area (Å²) in [7, 11) is 4.05. The van der Waals surface area contributed by atoms with Gasteiger partial charge >= 0.3 is 0 Å². The zero-order valence-electron chi connectivity index (χ0n) is 25.7. The third-order valence-electron chi connectivity index (χ3n) is 7.65. The fourth-order valence-corrected chi connectivity index (χ4v) is 5.52. The van der Waals surface area contributed by atoms with E-state index in [9.17, 15) is 0 Å².